The van der Waals surface area contributed by atoms with Crippen LogP contribution < -0.4 is 19.5 Å². The number of anilines is 2. The number of methoxy groups -OCH3 is 2. The van der Waals surface area contributed by atoms with Gasteiger partial charge in [-0.05, 0) is 32.0 Å². The summed E-state index contributed by atoms with van der Waals surface area (Å²) in [4.78, 5) is 17.6. The van der Waals surface area contributed by atoms with Crippen molar-refractivity contribution >= 4 is 33.7 Å². The van der Waals surface area contributed by atoms with Crippen LogP contribution in [0.2, 0.25) is 0 Å². The fourth-order valence-electron chi connectivity index (χ4n) is 3.20. The van der Waals surface area contributed by atoms with Crippen LogP contribution in [0, 0.1) is 6.92 Å². The number of nitrogens with zero attached hydrogens (tertiary/aromatic N) is 4. The van der Waals surface area contributed by atoms with Gasteiger partial charge >= 0.3 is 0 Å². The quantitative estimate of drug-likeness (QED) is 0.493. The van der Waals surface area contributed by atoms with Crippen molar-refractivity contribution in [1.29, 1.82) is 0 Å². The van der Waals surface area contributed by atoms with Gasteiger partial charge in [-0.15, -0.1) is 0 Å². The van der Waals surface area contributed by atoms with Gasteiger partial charge in [-0.2, -0.15) is 4.98 Å². The molecule has 2 aromatic carbocycles. The lowest BCUT2D eigenvalue weighted by molar-refractivity contribution is 0.343. The first-order chi connectivity index (χ1) is 14.5. The Bertz CT molecular complexity index is 1250. The molecular formula is C21H21N5O4. The summed E-state index contributed by atoms with van der Waals surface area (Å²) in [6.45, 7) is 4.23. The van der Waals surface area contributed by atoms with Crippen molar-refractivity contribution in [2.24, 2.45) is 0 Å². The van der Waals surface area contributed by atoms with Gasteiger partial charge in [0.1, 0.15) is 11.3 Å². The van der Waals surface area contributed by atoms with E-state index in [4.69, 9.17) is 14.2 Å². The van der Waals surface area contributed by atoms with Gasteiger partial charge in [0.2, 0.25) is 17.8 Å². The van der Waals surface area contributed by atoms with Crippen molar-refractivity contribution < 1.29 is 19.3 Å². The van der Waals surface area contributed by atoms with Crippen LogP contribution in [0.4, 0.5) is 11.9 Å². The predicted octanol–water partition coefficient (Wildman–Crippen LogP) is 3.75. The molecule has 0 saturated heterocycles. The Morgan fingerprint density at radius 1 is 0.900 bits per heavy atom. The topological polar surface area (TPSA) is 112 Å². The van der Waals surface area contributed by atoms with Crippen LogP contribution in [0.25, 0.3) is 21.8 Å². The molecule has 154 valence electrons. The van der Waals surface area contributed by atoms with Crippen molar-refractivity contribution in [3.05, 3.63) is 36.0 Å². The SMILES string of the molecule is CCOc1cccc2c(O)nc(Nc3nc(C)c4cc(OC)c(OC)cc4n3)nc12. The molecule has 0 radical (unpaired) electrons. The molecule has 0 atom stereocenters. The van der Waals surface area contributed by atoms with Crippen LogP contribution in [0.15, 0.2) is 30.3 Å². The first-order valence-corrected chi connectivity index (χ1v) is 9.34. The zero-order chi connectivity index (χ0) is 21.3. The van der Waals surface area contributed by atoms with Crippen LogP contribution in [0.1, 0.15) is 12.6 Å². The van der Waals surface area contributed by atoms with Crippen molar-refractivity contribution in [1.82, 2.24) is 19.9 Å². The van der Waals surface area contributed by atoms with Crippen molar-refractivity contribution in [3.8, 4) is 23.1 Å². The molecule has 0 amide bonds. The average molecular weight is 407 g/mol. The Balaban J connectivity index is 1.78. The molecule has 0 spiro atoms. The Morgan fingerprint density at radius 2 is 1.63 bits per heavy atom. The second-order valence-corrected chi connectivity index (χ2v) is 6.44. The van der Waals surface area contributed by atoms with E-state index in [1.165, 1.54) is 0 Å². The largest absolute Gasteiger partial charge is 0.493 e. The summed E-state index contributed by atoms with van der Waals surface area (Å²) in [6, 6.07) is 8.91. The average Bonchev–Trinajstić information content (AvgIpc) is 2.73. The Kier molecular flexibility index (Phi) is 5.09. The minimum Gasteiger partial charge on any atom is -0.493 e. The Hall–Kier alpha value is -3.88. The van der Waals surface area contributed by atoms with Crippen molar-refractivity contribution in [2.45, 2.75) is 13.8 Å². The summed E-state index contributed by atoms with van der Waals surface area (Å²) >= 11 is 0. The minimum absolute atomic E-state index is 0.159. The van der Waals surface area contributed by atoms with E-state index in [9.17, 15) is 5.11 Å². The Labute approximate surface area is 172 Å². The molecule has 9 heteroatoms. The standard InChI is InChI=1S/C21H21N5O4/c1-5-30-15-8-6-7-12-18(15)24-21(25-19(12)27)26-20-22-11(2)13-9-16(28-3)17(29-4)10-14(13)23-20/h6-10H,5H2,1-4H3,(H2,22,23,24,25,26,27). The smallest absolute Gasteiger partial charge is 0.233 e. The lowest BCUT2D eigenvalue weighted by Crippen LogP contribution is -2.04. The molecule has 2 N–H and O–H groups in total. The molecular weight excluding hydrogens is 386 g/mol. The fraction of sp³-hybridized carbons (Fsp3) is 0.238. The molecule has 4 aromatic rings. The van der Waals surface area contributed by atoms with Gasteiger partial charge in [0.25, 0.3) is 0 Å². The monoisotopic (exact) mass is 407 g/mol. The van der Waals surface area contributed by atoms with E-state index < -0.39 is 0 Å². The molecule has 0 saturated carbocycles. The van der Waals surface area contributed by atoms with E-state index in [1.807, 2.05) is 19.9 Å². The van der Waals surface area contributed by atoms with Crippen LogP contribution in [-0.2, 0) is 0 Å². The number of aryl methyl sites for hydroxylation is 1. The lowest BCUT2D eigenvalue weighted by Gasteiger charge is -2.12. The molecule has 0 aliphatic carbocycles. The third kappa shape index (κ3) is 3.45. The second-order valence-electron chi connectivity index (χ2n) is 6.44. The number of benzene rings is 2. The first kappa shape index (κ1) is 19.4. The molecule has 0 fully saturated rings. The number of fused-ring (bicyclic) bond motifs is 2. The van der Waals surface area contributed by atoms with Gasteiger partial charge in [0.15, 0.2) is 11.5 Å². The Morgan fingerprint density at radius 3 is 2.37 bits per heavy atom. The highest BCUT2D eigenvalue weighted by atomic mass is 16.5. The van der Waals surface area contributed by atoms with Gasteiger partial charge in [-0.25, -0.2) is 15.0 Å². The maximum Gasteiger partial charge on any atom is 0.233 e. The van der Waals surface area contributed by atoms with E-state index >= 15 is 0 Å². The molecule has 0 aliphatic rings. The zero-order valence-corrected chi connectivity index (χ0v) is 17.1. The van der Waals surface area contributed by atoms with Crippen LogP contribution in [0.5, 0.6) is 23.1 Å². The maximum atomic E-state index is 10.4. The predicted molar refractivity (Wildman–Crippen MR) is 113 cm³/mol. The fourth-order valence-corrected chi connectivity index (χ4v) is 3.20. The van der Waals surface area contributed by atoms with E-state index in [2.05, 4.69) is 25.3 Å². The van der Waals surface area contributed by atoms with Gasteiger partial charge in [0, 0.05) is 11.5 Å². The minimum atomic E-state index is -0.159. The van der Waals surface area contributed by atoms with Crippen molar-refractivity contribution in [2.75, 3.05) is 26.1 Å². The molecule has 0 unspecified atom stereocenters. The summed E-state index contributed by atoms with van der Waals surface area (Å²) in [5, 5.41) is 14.7. The first-order valence-electron chi connectivity index (χ1n) is 9.34. The highest BCUT2D eigenvalue weighted by Gasteiger charge is 2.14. The number of aromatic hydroxyl groups is 1. The van der Waals surface area contributed by atoms with Crippen molar-refractivity contribution in [3.63, 3.8) is 0 Å². The highest BCUT2D eigenvalue weighted by Crippen LogP contribution is 2.34. The zero-order valence-electron chi connectivity index (χ0n) is 17.1. The van der Waals surface area contributed by atoms with E-state index in [-0.39, 0.29) is 11.8 Å². The second kappa shape index (κ2) is 7.86. The molecule has 2 aromatic heterocycles. The summed E-state index contributed by atoms with van der Waals surface area (Å²) in [6.07, 6.45) is 0. The van der Waals surface area contributed by atoms with E-state index in [0.717, 1.165) is 11.1 Å². The maximum absolute atomic E-state index is 10.4. The molecule has 0 aliphatic heterocycles. The summed E-state index contributed by atoms with van der Waals surface area (Å²) < 4.78 is 16.3. The van der Waals surface area contributed by atoms with Gasteiger partial charge in [0.05, 0.1) is 37.4 Å². The third-order valence-electron chi connectivity index (χ3n) is 4.58. The van der Waals surface area contributed by atoms with Gasteiger partial charge in [-0.1, -0.05) is 6.07 Å². The van der Waals surface area contributed by atoms with Crippen LogP contribution >= 0.6 is 0 Å². The summed E-state index contributed by atoms with van der Waals surface area (Å²) in [7, 11) is 3.15. The number of rotatable bonds is 6. The number of aromatic nitrogens is 4. The normalized spacial score (nSPS) is 10.9. The molecule has 2 heterocycles. The molecule has 9 nitrogen and oxygen atoms in total. The van der Waals surface area contributed by atoms with Gasteiger partial charge < -0.3 is 19.3 Å². The van der Waals surface area contributed by atoms with Crippen LogP contribution in [0.3, 0.4) is 0 Å². The summed E-state index contributed by atoms with van der Waals surface area (Å²) in [5.74, 6) is 2.01. The molecule has 0 bridgehead atoms. The van der Waals surface area contributed by atoms with E-state index in [0.29, 0.717) is 46.2 Å². The number of para-hydroxylation sites is 1. The lowest BCUT2D eigenvalue weighted by atomic mass is 10.1. The number of hydrogen-bond donors (Lipinski definition) is 2. The third-order valence-corrected chi connectivity index (χ3v) is 4.58. The molecule has 30 heavy (non-hydrogen) atoms. The molecule has 4 rings (SSSR count). The highest BCUT2D eigenvalue weighted by molar-refractivity contribution is 5.89. The van der Waals surface area contributed by atoms with Crippen LogP contribution in [-0.4, -0.2) is 45.9 Å². The number of ether oxygens (including phenoxy) is 3. The summed E-state index contributed by atoms with van der Waals surface area (Å²) in [5.41, 5.74) is 1.91. The van der Waals surface area contributed by atoms with Gasteiger partial charge in [-0.3, -0.25) is 5.32 Å². The number of hydrogen-bond acceptors (Lipinski definition) is 9. The number of nitrogens with one attached hydrogen (secondary N) is 1. The van der Waals surface area contributed by atoms with E-state index in [1.54, 1.807) is 38.5 Å².